The fraction of sp³-hybridized carbons (Fsp3) is 0.684. The smallest absolute Gasteiger partial charge is 0.211 e. The van der Waals surface area contributed by atoms with Gasteiger partial charge in [0.05, 0.1) is 5.75 Å². The van der Waals surface area contributed by atoms with Gasteiger partial charge >= 0.3 is 0 Å². The van der Waals surface area contributed by atoms with Gasteiger partial charge in [-0.25, -0.2) is 13.1 Å². The van der Waals surface area contributed by atoms with Gasteiger partial charge in [0, 0.05) is 39.3 Å². The van der Waals surface area contributed by atoms with Crippen LogP contribution >= 0.6 is 0 Å². The summed E-state index contributed by atoms with van der Waals surface area (Å²) < 4.78 is 26.5. The van der Waals surface area contributed by atoms with Crippen LogP contribution in [-0.4, -0.2) is 63.2 Å². The lowest BCUT2D eigenvalue weighted by Crippen LogP contribution is -2.46. The van der Waals surface area contributed by atoms with Gasteiger partial charge in [0.25, 0.3) is 0 Å². The quantitative estimate of drug-likeness (QED) is 0.644. The average Bonchev–Trinajstić information content (AvgIpc) is 2.59. The molecule has 1 saturated heterocycles. The summed E-state index contributed by atoms with van der Waals surface area (Å²) in [6, 6.07) is 10.6. The Morgan fingerprint density at radius 2 is 1.68 bits per heavy atom. The lowest BCUT2D eigenvalue weighted by Gasteiger charge is -2.34. The normalized spacial score (nSPS) is 17.2. The highest BCUT2D eigenvalue weighted by molar-refractivity contribution is 7.89. The summed E-state index contributed by atoms with van der Waals surface area (Å²) in [5, 5.41) is 0. The Hall–Kier alpha value is -0.950. The van der Waals surface area contributed by atoms with Crippen molar-refractivity contribution in [3.8, 4) is 0 Å². The van der Waals surface area contributed by atoms with E-state index in [1.807, 2.05) is 13.8 Å². The van der Waals surface area contributed by atoms with Crippen molar-refractivity contribution < 1.29 is 8.42 Å². The largest absolute Gasteiger partial charge is 0.301 e. The molecule has 0 saturated carbocycles. The van der Waals surface area contributed by atoms with E-state index < -0.39 is 10.0 Å². The second-order valence-electron chi connectivity index (χ2n) is 7.35. The van der Waals surface area contributed by atoms with E-state index in [-0.39, 0.29) is 5.75 Å². The van der Waals surface area contributed by atoms with Crippen molar-refractivity contribution >= 4 is 10.0 Å². The fourth-order valence-electron chi connectivity index (χ4n) is 3.01. The van der Waals surface area contributed by atoms with Crippen LogP contribution in [0.4, 0.5) is 0 Å². The van der Waals surface area contributed by atoms with Gasteiger partial charge in [-0.2, -0.15) is 0 Å². The van der Waals surface area contributed by atoms with Crippen LogP contribution in [0.3, 0.4) is 0 Å². The zero-order valence-electron chi connectivity index (χ0n) is 15.7. The van der Waals surface area contributed by atoms with Crippen molar-refractivity contribution in [3.05, 3.63) is 35.9 Å². The maximum absolute atomic E-state index is 11.9. The third-order valence-electron chi connectivity index (χ3n) is 4.65. The van der Waals surface area contributed by atoms with E-state index in [9.17, 15) is 8.42 Å². The Bertz CT molecular complexity index is 582. The number of sulfonamides is 1. The second-order valence-corrected chi connectivity index (χ2v) is 9.28. The molecule has 0 aliphatic carbocycles. The molecule has 142 valence electrons. The van der Waals surface area contributed by atoms with Crippen LogP contribution in [0.1, 0.15) is 32.3 Å². The number of hydrogen-bond donors (Lipinski definition) is 1. The molecule has 5 nitrogen and oxygen atoms in total. The Morgan fingerprint density at radius 1 is 1.04 bits per heavy atom. The Kier molecular flexibility index (Phi) is 8.36. The average molecular weight is 368 g/mol. The van der Waals surface area contributed by atoms with Gasteiger partial charge in [-0.1, -0.05) is 44.2 Å². The fourth-order valence-corrected chi connectivity index (χ4v) is 4.39. The maximum Gasteiger partial charge on any atom is 0.211 e. The van der Waals surface area contributed by atoms with E-state index in [4.69, 9.17) is 0 Å². The van der Waals surface area contributed by atoms with E-state index in [0.29, 0.717) is 12.5 Å². The lowest BCUT2D eigenvalue weighted by atomic mass is 10.2. The summed E-state index contributed by atoms with van der Waals surface area (Å²) in [6.07, 6.45) is 1.60. The van der Waals surface area contributed by atoms with E-state index in [1.54, 1.807) is 0 Å². The summed E-state index contributed by atoms with van der Waals surface area (Å²) in [7, 11) is -3.10. The van der Waals surface area contributed by atoms with Crippen LogP contribution in [-0.2, 0) is 16.6 Å². The molecule has 1 aliphatic heterocycles. The molecule has 0 bridgehead atoms. The molecular formula is C19H33N3O2S. The molecule has 1 aromatic rings. The van der Waals surface area contributed by atoms with Gasteiger partial charge < -0.3 is 4.90 Å². The van der Waals surface area contributed by atoms with Crippen molar-refractivity contribution in [2.75, 3.05) is 45.0 Å². The topological polar surface area (TPSA) is 52.7 Å². The number of piperazine rings is 1. The standard InChI is InChI=1S/C19H33N3O2S/c1-18(2)9-16-25(23,24)20-10-6-11-21-12-14-22(15-13-21)17-19-7-4-3-5-8-19/h3-5,7-8,18,20H,6,9-17H2,1-2H3. The van der Waals surface area contributed by atoms with Crippen LogP contribution < -0.4 is 4.72 Å². The van der Waals surface area contributed by atoms with E-state index >= 15 is 0 Å². The van der Waals surface area contributed by atoms with Crippen molar-refractivity contribution in [3.63, 3.8) is 0 Å². The third-order valence-corrected chi connectivity index (χ3v) is 6.07. The molecular weight excluding hydrogens is 334 g/mol. The molecule has 0 spiro atoms. The van der Waals surface area contributed by atoms with Crippen molar-refractivity contribution in [2.24, 2.45) is 5.92 Å². The summed E-state index contributed by atoms with van der Waals surface area (Å²) in [4.78, 5) is 4.92. The predicted octanol–water partition coefficient (Wildman–Crippen LogP) is 2.16. The first-order valence-corrected chi connectivity index (χ1v) is 11.1. The number of hydrogen-bond acceptors (Lipinski definition) is 4. The van der Waals surface area contributed by atoms with Gasteiger partial charge in [-0.05, 0) is 30.9 Å². The second kappa shape index (κ2) is 10.3. The summed E-state index contributed by atoms with van der Waals surface area (Å²) in [5.74, 6) is 0.659. The van der Waals surface area contributed by atoms with Gasteiger partial charge in [-0.3, -0.25) is 4.90 Å². The van der Waals surface area contributed by atoms with Crippen molar-refractivity contribution in [2.45, 2.75) is 33.2 Å². The minimum Gasteiger partial charge on any atom is -0.301 e. The molecule has 1 aliphatic rings. The number of rotatable bonds is 10. The molecule has 25 heavy (non-hydrogen) atoms. The first kappa shape index (κ1) is 20.4. The molecule has 1 N–H and O–H groups in total. The molecule has 0 radical (unpaired) electrons. The van der Waals surface area contributed by atoms with Gasteiger partial charge in [0.1, 0.15) is 0 Å². The maximum atomic E-state index is 11.9. The van der Waals surface area contributed by atoms with Crippen LogP contribution in [0.15, 0.2) is 30.3 Å². The summed E-state index contributed by atoms with van der Waals surface area (Å²) >= 11 is 0. The molecule has 1 aromatic carbocycles. The predicted molar refractivity (Wildman–Crippen MR) is 104 cm³/mol. The monoisotopic (exact) mass is 367 g/mol. The minimum absolute atomic E-state index is 0.239. The van der Waals surface area contributed by atoms with E-state index in [2.05, 4.69) is 44.9 Å². The molecule has 2 rings (SSSR count). The molecule has 1 heterocycles. The van der Waals surface area contributed by atoms with Crippen molar-refractivity contribution in [1.82, 2.24) is 14.5 Å². The van der Waals surface area contributed by atoms with E-state index in [1.165, 1.54) is 5.56 Å². The number of nitrogens with one attached hydrogen (secondary N) is 1. The Balaban J connectivity index is 1.58. The molecule has 0 unspecified atom stereocenters. The van der Waals surface area contributed by atoms with Gasteiger partial charge in [0.2, 0.25) is 10.0 Å². The number of nitrogens with zero attached hydrogens (tertiary/aromatic N) is 2. The first-order valence-electron chi connectivity index (χ1n) is 9.40. The summed E-state index contributed by atoms with van der Waals surface area (Å²) in [5.41, 5.74) is 1.37. The first-order chi connectivity index (χ1) is 11.9. The highest BCUT2D eigenvalue weighted by atomic mass is 32.2. The molecule has 1 fully saturated rings. The van der Waals surface area contributed by atoms with E-state index in [0.717, 1.165) is 52.1 Å². The Labute approximate surface area is 153 Å². The zero-order valence-corrected chi connectivity index (χ0v) is 16.5. The van der Waals surface area contributed by atoms with Crippen LogP contribution in [0.25, 0.3) is 0 Å². The third kappa shape index (κ3) is 8.31. The van der Waals surface area contributed by atoms with Crippen LogP contribution in [0.2, 0.25) is 0 Å². The lowest BCUT2D eigenvalue weighted by molar-refractivity contribution is 0.126. The Morgan fingerprint density at radius 3 is 2.32 bits per heavy atom. The molecule has 0 aromatic heterocycles. The SMILES string of the molecule is CC(C)CCS(=O)(=O)NCCCN1CCN(Cc2ccccc2)CC1. The van der Waals surface area contributed by atoms with Crippen LogP contribution in [0, 0.1) is 5.92 Å². The van der Waals surface area contributed by atoms with Crippen LogP contribution in [0.5, 0.6) is 0 Å². The zero-order chi connectivity index (χ0) is 18.1. The highest BCUT2D eigenvalue weighted by Gasteiger charge is 2.17. The van der Waals surface area contributed by atoms with Gasteiger partial charge in [-0.15, -0.1) is 0 Å². The van der Waals surface area contributed by atoms with Gasteiger partial charge in [0.15, 0.2) is 0 Å². The minimum atomic E-state index is -3.10. The molecule has 6 heteroatoms. The van der Waals surface area contributed by atoms with Crippen molar-refractivity contribution in [1.29, 1.82) is 0 Å². The molecule has 0 atom stereocenters. The summed E-state index contributed by atoms with van der Waals surface area (Å²) in [6.45, 7) is 10.9. The molecule has 0 amide bonds. The highest BCUT2D eigenvalue weighted by Crippen LogP contribution is 2.08. The number of benzene rings is 1.